The van der Waals surface area contributed by atoms with Gasteiger partial charge >= 0.3 is 0 Å². The van der Waals surface area contributed by atoms with Crippen molar-refractivity contribution in [3.63, 3.8) is 0 Å². The third kappa shape index (κ3) is 3.85. The van der Waals surface area contributed by atoms with Crippen LogP contribution in [0.1, 0.15) is 30.1 Å². The monoisotopic (exact) mass is 325 g/mol. The van der Waals surface area contributed by atoms with E-state index in [1.165, 1.54) is 12.1 Å². The van der Waals surface area contributed by atoms with Crippen LogP contribution in [0.25, 0.3) is 0 Å². The summed E-state index contributed by atoms with van der Waals surface area (Å²) in [6.45, 7) is 3.40. The van der Waals surface area contributed by atoms with Crippen molar-refractivity contribution >= 4 is 15.9 Å². The predicted molar refractivity (Wildman–Crippen MR) is 85.3 cm³/mol. The second kappa shape index (κ2) is 7.21. The van der Waals surface area contributed by atoms with Gasteiger partial charge in [0.05, 0.1) is 4.90 Å². The Morgan fingerprint density at radius 3 is 2.86 bits per heavy atom. The van der Waals surface area contributed by atoms with Gasteiger partial charge in [-0.1, -0.05) is 13.0 Å². The maximum absolute atomic E-state index is 12.6. The zero-order chi connectivity index (χ0) is 16.2. The summed E-state index contributed by atoms with van der Waals surface area (Å²) in [5.74, 6) is -0.117. The molecule has 1 aliphatic heterocycles. The first-order valence-corrected chi connectivity index (χ1v) is 9.02. The molecule has 2 N–H and O–H groups in total. The summed E-state index contributed by atoms with van der Waals surface area (Å²) >= 11 is 0. The number of hydrogen-bond donors (Lipinski definition) is 2. The molecule has 0 spiro atoms. The quantitative estimate of drug-likeness (QED) is 0.840. The van der Waals surface area contributed by atoms with E-state index in [0.717, 1.165) is 12.8 Å². The summed E-state index contributed by atoms with van der Waals surface area (Å²) in [4.78, 5) is 14.5. The van der Waals surface area contributed by atoms with Gasteiger partial charge < -0.3 is 10.2 Å². The second-order valence-electron chi connectivity index (χ2n) is 5.41. The molecule has 0 radical (unpaired) electrons. The van der Waals surface area contributed by atoms with Crippen LogP contribution in [0.3, 0.4) is 0 Å². The molecule has 1 saturated heterocycles. The van der Waals surface area contributed by atoms with Crippen molar-refractivity contribution in [3.8, 4) is 0 Å². The van der Waals surface area contributed by atoms with E-state index in [1.54, 1.807) is 24.0 Å². The molecule has 1 unspecified atom stereocenters. The van der Waals surface area contributed by atoms with Crippen LogP contribution >= 0.6 is 0 Å². The Kier molecular flexibility index (Phi) is 5.55. The van der Waals surface area contributed by atoms with Gasteiger partial charge in [0.2, 0.25) is 10.0 Å². The fraction of sp³-hybridized carbons (Fsp3) is 0.533. The smallest absolute Gasteiger partial charge is 0.253 e. The summed E-state index contributed by atoms with van der Waals surface area (Å²) in [6.07, 6.45) is 2.00. The Bertz CT molecular complexity index is 631. The van der Waals surface area contributed by atoms with E-state index in [9.17, 15) is 13.2 Å². The zero-order valence-electron chi connectivity index (χ0n) is 13.0. The summed E-state index contributed by atoms with van der Waals surface area (Å²) < 4.78 is 26.5. The van der Waals surface area contributed by atoms with Crippen molar-refractivity contribution in [1.82, 2.24) is 14.9 Å². The standard InChI is InChI=1S/C15H23N3O3S/c1-3-17-22(20,21)14-8-4-6-12(10-14)15(19)18-9-5-7-13(11-18)16-2/h4,6,8,10,13,16-17H,3,5,7,9,11H2,1-2H3. The lowest BCUT2D eigenvalue weighted by Crippen LogP contribution is -2.47. The summed E-state index contributed by atoms with van der Waals surface area (Å²) in [5.41, 5.74) is 0.413. The minimum atomic E-state index is -3.55. The van der Waals surface area contributed by atoms with Crippen LogP contribution in [0.4, 0.5) is 0 Å². The maximum atomic E-state index is 12.6. The van der Waals surface area contributed by atoms with Gasteiger partial charge in [0.15, 0.2) is 0 Å². The average Bonchev–Trinajstić information content (AvgIpc) is 2.54. The van der Waals surface area contributed by atoms with Gasteiger partial charge in [-0.15, -0.1) is 0 Å². The second-order valence-corrected chi connectivity index (χ2v) is 7.18. The zero-order valence-corrected chi connectivity index (χ0v) is 13.8. The molecule has 1 atom stereocenters. The fourth-order valence-corrected chi connectivity index (χ4v) is 3.74. The van der Waals surface area contributed by atoms with Crippen molar-refractivity contribution in [3.05, 3.63) is 29.8 Å². The van der Waals surface area contributed by atoms with Crippen molar-refractivity contribution < 1.29 is 13.2 Å². The molecule has 2 rings (SSSR count). The number of benzene rings is 1. The number of sulfonamides is 1. The van der Waals surface area contributed by atoms with Crippen LogP contribution in [-0.4, -0.2) is 51.9 Å². The largest absolute Gasteiger partial charge is 0.337 e. The first-order chi connectivity index (χ1) is 10.5. The topological polar surface area (TPSA) is 78.5 Å². The van der Waals surface area contributed by atoms with E-state index in [0.29, 0.717) is 31.2 Å². The van der Waals surface area contributed by atoms with Crippen molar-refractivity contribution in [2.75, 3.05) is 26.7 Å². The Morgan fingerprint density at radius 1 is 1.41 bits per heavy atom. The molecule has 1 heterocycles. The molecule has 1 aromatic carbocycles. The van der Waals surface area contributed by atoms with Gasteiger partial charge in [0, 0.05) is 31.2 Å². The molecule has 1 aromatic rings. The minimum absolute atomic E-state index is 0.117. The SMILES string of the molecule is CCNS(=O)(=O)c1cccc(C(=O)N2CCCC(NC)C2)c1. The molecule has 0 aromatic heterocycles. The van der Waals surface area contributed by atoms with E-state index in [-0.39, 0.29) is 10.8 Å². The minimum Gasteiger partial charge on any atom is -0.337 e. The third-order valence-electron chi connectivity index (χ3n) is 3.84. The Balaban J connectivity index is 2.20. The molecular formula is C15H23N3O3S. The van der Waals surface area contributed by atoms with Crippen molar-refractivity contribution in [2.45, 2.75) is 30.7 Å². The number of piperidine rings is 1. The van der Waals surface area contributed by atoms with Gasteiger partial charge in [0.1, 0.15) is 0 Å². The van der Waals surface area contributed by atoms with Crippen LogP contribution in [-0.2, 0) is 10.0 Å². The molecule has 0 bridgehead atoms. The summed E-state index contributed by atoms with van der Waals surface area (Å²) in [7, 11) is -1.65. The van der Waals surface area contributed by atoms with Gasteiger partial charge in [-0.2, -0.15) is 0 Å². The van der Waals surface area contributed by atoms with Crippen molar-refractivity contribution in [2.24, 2.45) is 0 Å². The number of rotatable bonds is 5. The number of nitrogens with one attached hydrogen (secondary N) is 2. The highest BCUT2D eigenvalue weighted by Gasteiger charge is 2.24. The molecule has 122 valence electrons. The number of hydrogen-bond acceptors (Lipinski definition) is 4. The van der Waals surface area contributed by atoms with E-state index in [2.05, 4.69) is 10.0 Å². The molecule has 0 aliphatic carbocycles. The summed E-state index contributed by atoms with van der Waals surface area (Å²) in [5, 5.41) is 3.19. The highest BCUT2D eigenvalue weighted by atomic mass is 32.2. The Morgan fingerprint density at radius 2 is 2.18 bits per heavy atom. The molecule has 7 heteroatoms. The van der Waals surface area contributed by atoms with E-state index >= 15 is 0 Å². The Labute approximate surface area is 131 Å². The molecule has 0 saturated carbocycles. The molecular weight excluding hydrogens is 302 g/mol. The molecule has 1 aliphatic rings. The van der Waals surface area contributed by atoms with E-state index < -0.39 is 10.0 Å². The van der Waals surface area contributed by atoms with Gasteiger partial charge in [-0.05, 0) is 38.1 Å². The average molecular weight is 325 g/mol. The normalized spacial score (nSPS) is 19.2. The van der Waals surface area contributed by atoms with Crippen LogP contribution in [0, 0.1) is 0 Å². The molecule has 6 nitrogen and oxygen atoms in total. The number of likely N-dealkylation sites (N-methyl/N-ethyl adjacent to an activating group) is 1. The van der Waals surface area contributed by atoms with Crippen LogP contribution in [0.2, 0.25) is 0 Å². The lowest BCUT2D eigenvalue weighted by molar-refractivity contribution is 0.0698. The van der Waals surface area contributed by atoms with Gasteiger partial charge in [-0.25, -0.2) is 13.1 Å². The van der Waals surface area contributed by atoms with Gasteiger partial charge in [-0.3, -0.25) is 4.79 Å². The molecule has 22 heavy (non-hydrogen) atoms. The third-order valence-corrected chi connectivity index (χ3v) is 5.39. The number of nitrogens with zero attached hydrogens (tertiary/aromatic N) is 1. The highest BCUT2D eigenvalue weighted by molar-refractivity contribution is 7.89. The first kappa shape index (κ1) is 16.9. The Hall–Kier alpha value is -1.44. The number of carbonyl (C=O) groups is 1. The first-order valence-electron chi connectivity index (χ1n) is 7.54. The fourth-order valence-electron chi connectivity index (χ4n) is 2.65. The van der Waals surface area contributed by atoms with Crippen LogP contribution in [0.15, 0.2) is 29.2 Å². The summed E-state index contributed by atoms with van der Waals surface area (Å²) in [6, 6.07) is 6.52. The number of carbonyl (C=O) groups excluding carboxylic acids is 1. The number of likely N-dealkylation sites (tertiary alicyclic amines) is 1. The van der Waals surface area contributed by atoms with Crippen LogP contribution in [0.5, 0.6) is 0 Å². The molecule has 1 amide bonds. The van der Waals surface area contributed by atoms with E-state index in [4.69, 9.17) is 0 Å². The number of amides is 1. The lowest BCUT2D eigenvalue weighted by atomic mass is 10.0. The van der Waals surface area contributed by atoms with Crippen molar-refractivity contribution in [1.29, 1.82) is 0 Å². The highest BCUT2D eigenvalue weighted by Crippen LogP contribution is 2.16. The maximum Gasteiger partial charge on any atom is 0.253 e. The lowest BCUT2D eigenvalue weighted by Gasteiger charge is -2.32. The van der Waals surface area contributed by atoms with Crippen LogP contribution < -0.4 is 10.0 Å². The van der Waals surface area contributed by atoms with E-state index in [1.807, 2.05) is 7.05 Å². The molecule has 1 fully saturated rings. The van der Waals surface area contributed by atoms with Gasteiger partial charge in [0.25, 0.3) is 5.91 Å². The predicted octanol–water partition coefficient (Wildman–Crippen LogP) is 0.809.